The summed E-state index contributed by atoms with van der Waals surface area (Å²) < 4.78 is 18.9. The Hall–Kier alpha value is -2.43. The molecule has 1 heterocycles. The van der Waals surface area contributed by atoms with Gasteiger partial charge in [-0.2, -0.15) is 0 Å². The van der Waals surface area contributed by atoms with E-state index in [0.717, 1.165) is 17.7 Å². The summed E-state index contributed by atoms with van der Waals surface area (Å²) in [6.45, 7) is 0.756. The van der Waals surface area contributed by atoms with Crippen molar-refractivity contribution in [3.8, 4) is 5.75 Å². The number of guanidine groups is 1. The van der Waals surface area contributed by atoms with E-state index in [0.29, 0.717) is 12.5 Å². The molecule has 2 N–H and O–H groups in total. The third-order valence-corrected chi connectivity index (χ3v) is 3.99. The molecule has 1 aromatic heterocycles. The van der Waals surface area contributed by atoms with Crippen molar-refractivity contribution < 1.29 is 13.9 Å². The summed E-state index contributed by atoms with van der Waals surface area (Å²) >= 11 is 0. The molecule has 29 heavy (non-hydrogen) atoms. The molecule has 1 aromatic carbocycles. The van der Waals surface area contributed by atoms with E-state index in [4.69, 9.17) is 4.74 Å². The van der Waals surface area contributed by atoms with Crippen LogP contribution in [0, 0.1) is 5.82 Å². The lowest BCUT2D eigenvalue weighted by Gasteiger charge is -2.15. The smallest absolute Gasteiger partial charge is 0.241 e. The number of nitrogens with one attached hydrogen (secondary N) is 2. The number of ether oxygens (including phenoxy) is 1. The SMILES string of the molecule is COc1ccc(CCNC(=NCc2ncccc2F)NCC(=O)N(C)C)cc1.I. The second-order valence-electron chi connectivity index (χ2n) is 6.26. The van der Waals surface area contributed by atoms with Gasteiger partial charge in [0.05, 0.1) is 25.9 Å². The van der Waals surface area contributed by atoms with Crippen LogP contribution in [-0.2, 0) is 17.8 Å². The predicted octanol–water partition coefficient (Wildman–Crippen LogP) is 2.21. The molecule has 0 fully saturated rings. The van der Waals surface area contributed by atoms with E-state index in [2.05, 4.69) is 20.6 Å². The fourth-order valence-corrected chi connectivity index (χ4v) is 2.30. The number of hydrogen-bond acceptors (Lipinski definition) is 4. The molecule has 158 valence electrons. The van der Waals surface area contributed by atoms with E-state index in [9.17, 15) is 9.18 Å². The number of benzene rings is 1. The molecule has 2 rings (SSSR count). The second kappa shape index (κ2) is 12.9. The summed E-state index contributed by atoms with van der Waals surface area (Å²) in [7, 11) is 4.99. The maximum atomic E-state index is 13.8. The summed E-state index contributed by atoms with van der Waals surface area (Å²) in [5.74, 6) is 0.732. The zero-order valence-electron chi connectivity index (χ0n) is 16.8. The van der Waals surface area contributed by atoms with E-state index in [1.54, 1.807) is 21.2 Å². The number of carbonyl (C=O) groups is 1. The number of likely N-dealkylation sites (N-methyl/N-ethyl adjacent to an activating group) is 1. The predicted molar refractivity (Wildman–Crippen MR) is 122 cm³/mol. The van der Waals surface area contributed by atoms with Gasteiger partial charge in [-0.3, -0.25) is 9.78 Å². The standard InChI is InChI=1S/C20H26FN5O2.HI/c1-26(2)19(27)14-25-20(24-13-18-17(21)5-4-11-22-18)23-12-10-15-6-8-16(28-3)9-7-15;/h4-9,11H,10,12-14H2,1-3H3,(H2,23,24,25);1H. The summed E-state index contributed by atoms with van der Waals surface area (Å²) in [6, 6.07) is 10.7. The number of nitrogens with zero attached hydrogens (tertiary/aromatic N) is 3. The van der Waals surface area contributed by atoms with Gasteiger partial charge in [-0.25, -0.2) is 9.38 Å². The molecule has 1 amide bonds. The number of aliphatic imine (C=N–C) groups is 1. The highest BCUT2D eigenvalue weighted by Crippen LogP contribution is 2.11. The van der Waals surface area contributed by atoms with Crippen molar-refractivity contribution in [2.45, 2.75) is 13.0 Å². The van der Waals surface area contributed by atoms with Crippen LogP contribution in [0.3, 0.4) is 0 Å². The maximum absolute atomic E-state index is 13.8. The van der Waals surface area contributed by atoms with Gasteiger partial charge in [0.25, 0.3) is 0 Å². The number of methoxy groups -OCH3 is 1. The van der Waals surface area contributed by atoms with Gasteiger partial charge in [-0.05, 0) is 36.2 Å². The van der Waals surface area contributed by atoms with Crippen molar-refractivity contribution in [1.82, 2.24) is 20.5 Å². The van der Waals surface area contributed by atoms with Gasteiger partial charge < -0.3 is 20.3 Å². The number of aromatic nitrogens is 1. The van der Waals surface area contributed by atoms with Crippen molar-refractivity contribution in [2.75, 3.05) is 34.3 Å². The summed E-state index contributed by atoms with van der Waals surface area (Å²) in [6.07, 6.45) is 2.28. The Morgan fingerprint density at radius 3 is 2.55 bits per heavy atom. The normalized spacial score (nSPS) is 10.7. The van der Waals surface area contributed by atoms with E-state index >= 15 is 0 Å². The van der Waals surface area contributed by atoms with Gasteiger partial charge in [0.2, 0.25) is 5.91 Å². The number of rotatable bonds is 8. The average molecular weight is 515 g/mol. The topological polar surface area (TPSA) is 78.8 Å². The van der Waals surface area contributed by atoms with Gasteiger partial charge in [-0.1, -0.05) is 12.1 Å². The van der Waals surface area contributed by atoms with Gasteiger partial charge in [0.1, 0.15) is 11.6 Å². The minimum Gasteiger partial charge on any atom is -0.497 e. The van der Waals surface area contributed by atoms with Crippen molar-refractivity contribution in [1.29, 1.82) is 0 Å². The Morgan fingerprint density at radius 1 is 1.21 bits per heavy atom. The lowest BCUT2D eigenvalue weighted by Crippen LogP contribution is -2.43. The Kier molecular flexibility index (Phi) is 11.0. The summed E-state index contributed by atoms with van der Waals surface area (Å²) in [5, 5.41) is 6.14. The third kappa shape index (κ3) is 8.63. The first-order valence-corrected chi connectivity index (χ1v) is 8.94. The van der Waals surface area contributed by atoms with Crippen LogP contribution in [0.4, 0.5) is 4.39 Å². The first kappa shape index (κ1) is 24.6. The molecule has 0 aliphatic heterocycles. The Bertz CT molecular complexity index is 800. The molecule has 0 bridgehead atoms. The van der Waals surface area contributed by atoms with Crippen molar-refractivity contribution in [2.24, 2.45) is 4.99 Å². The first-order chi connectivity index (χ1) is 13.5. The van der Waals surface area contributed by atoms with Crippen LogP contribution in [0.25, 0.3) is 0 Å². The zero-order chi connectivity index (χ0) is 20.4. The van der Waals surface area contributed by atoms with E-state index < -0.39 is 5.82 Å². The molecular weight excluding hydrogens is 488 g/mol. The average Bonchev–Trinajstić information content (AvgIpc) is 2.70. The van der Waals surface area contributed by atoms with Gasteiger partial charge in [-0.15, -0.1) is 24.0 Å². The number of carbonyl (C=O) groups excluding carboxylic acids is 1. The van der Waals surface area contributed by atoms with Crippen molar-refractivity contribution in [3.05, 3.63) is 59.7 Å². The third-order valence-electron chi connectivity index (χ3n) is 3.99. The first-order valence-electron chi connectivity index (χ1n) is 8.94. The largest absolute Gasteiger partial charge is 0.497 e. The maximum Gasteiger partial charge on any atom is 0.241 e. The van der Waals surface area contributed by atoms with Crippen LogP contribution >= 0.6 is 24.0 Å². The quantitative estimate of drug-likeness (QED) is 0.321. The van der Waals surface area contributed by atoms with Crippen molar-refractivity contribution in [3.63, 3.8) is 0 Å². The Labute approximate surface area is 187 Å². The van der Waals surface area contributed by atoms with Gasteiger partial charge in [0, 0.05) is 26.8 Å². The summed E-state index contributed by atoms with van der Waals surface area (Å²) in [4.78, 5) is 21.7. The van der Waals surface area contributed by atoms with Crippen LogP contribution in [-0.4, -0.2) is 56.0 Å². The number of pyridine rings is 1. The molecule has 0 aliphatic carbocycles. The molecule has 2 aromatic rings. The summed E-state index contributed by atoms with van der Waals surface area (Å²) in [5.41, 5.74) is 1.38. The second-order valence-corrected chi connectivity index (χ2v) is 6.26. The highest BCUT2D eigenvalue weighted by atomic mass is 127. The molecular formula is C20H27FIN5O2. The molecule has 9 heteroatoms. The van der Waals surface area contributed by atoms with Crippen LogP contribution in [0.5, 0.6) is 5.75 Å². The van der Waals surface area contributed by atoms with E-state index in [-0.39, 0.29) is 48.7 Å². The number of halogens is 2. The Balaban J connectivity index is 0.00000420. The monoisotopic (exact) mass is 515 g/mol. The lowest BCUT2D eigenvalue weighted by molar-refractivity contribution is -0.127. The van der Waals surface area contributed by atoms with Crippen LogP contribution in [0.2, 0.25) is 0 Å². The lowest BCUT2D eigenvalue weighted by atomic mass is 10.1. The Morgan fingerprint density at radius 2 is 1.93 bits per heavy atom. The highest BCUT2D eigenvalue weighted by molar-refractivity contribution is 14.0. The minimum absolute atomic E-state index is 0. The van der Waals surface area contributed by atoms with Gasteiger partial charge >= 0.3 is 0 Å². The molecule has 0 radical (unpaired) electrons. The van der Waals surface area contributed by atoms with Crippen LogP contribution < -0.4 is 15.4 Å². The fraction of sp³-hybridized carbons (Fsp3) is 0.350. The van der Waals surface area contributed by atoms with Crippen molar-refractivity contribution >= 4 is 35.8 Å². The molecule has 0 spiro atoms. The minimum atomic E-state index is -0.409. The van der Waals surface area contributed by atoms with Crippen LogP contribution in [0.15, 0.2) is 47.6 Å². The molecule has 7 nitrogen and oxygen atoms in total. The van der Waals surface area contributed by atoms with Gasteiger partial charge in [0.15, 0.2) is 5.96 Å². The molecule has 0 unspecified atom stereocenters. The number of amides is 1. The van der Waals surface area contributed by atoms with E-state index in [1.165, 1.54) is 23.2 Å². The zero-order valence-corrected chi connectivity index (χ0v) is 19.1. The molecule has 0 atom stereocenters. The fourth-order valence-electron chi connectivity index (χ4n) is 2.30. The molecule has 0 saturated heterocycles. The van der Waals surface area contributed by atoms with E-state index in [1.807, 2.05) is 24.3 Å². The number of hydrogen-bond donors (Lipinski definition) is 2. The molecule has 0 saturated carbocycles. The van der Waals surface area contributed by atoms with Crippen LogP contribution in [0.1, 0.15) is 11.3 Å². The molecule has 0 aliphatic rings. The highest BCUT2D eigenvalue weighted by Gasteiger charge is 2.07.